The first-order valence-corrected chi connectivity index (χ1v) is 6.37. The molecule has 9 nitrogen and oxygen atoms in total. The van der Waals surface area contributed by atoms with E-state index in [4.69, 9.17) is 5.73 Å². The van der Waals surface area contributed by atoms with Gasteiger partial charge in [-0.1, -0.05) is 30.3 Å². The molecule has 1 aromatic carbocycles. The summed E-state index contributed by atoms with van der Waals surface area (Å²) in [7, 11) is 0. The van der Waals surface area contributed by atoms with Crippen LogP contribution in [0, 0.1) is 5.21 Å². The van der Waals surface area contributed by atoms with E-state index in [1.54, 1.807) is 30.3 Å². The average molecular weight is 305 g/mol. The molecule has 3 N–H and O–H groups in total. The summed E-state index contributed by atoms with van der Waals surface area (Å²) in [4.78, 5) is 22.6. The molecular formula is C13H13N4O5-. The van der Waals surface area contributed by atoms with Crippen LogP contribution in [0.4, 0.5) is 5.82 Å². The Morgan fingerprint density at radius 3 is 2.59 bits per heavy atom. The lowest BCUT2D eigenvalue weighted by molar-refractivity contribution is -0.803. The van der Waals surface area contributed by atoms with Crippen LogP contribution in [0.5, 0.6) is 0 Å². The molecule has 1 heterocycles. The minimum absolute atomic E-state index is 0.0125. The van der Waals surface area contributed by atoms with Crippen LogP contribution in [0.1, 0.15) is 28.4 Å². The smallest absolute Gasteiger partial charge is 0.318 e. The quantitative estimate of drug-likeness (QED) is 0.620. The van der Waals surface area contributed by atoms with E-state index in [1.807, 2.05) is 0 Å². The molecule has 2 aromatic rings. The molecule has 0 unspecified atom stereocenters. The Bertz CT molecular complexity index is 651. The predicted molar refractivity (Wildman–Crippen MR) is 71.0 cm³/mol. The number of aromatic nitrogens is 2. The van der Waals surface area contributed by atoms with Crippen LogP contribution in [0.2, 0.25) is 0 Å². The SMILES string of the molecule is Nc1no[n+]([O-])c1C(=O)NC[C@@H](CC(=O)[O-])c1ccccc1. The molecule has 1 amide bonds. The maximum Gasteiger partial charge on any atom is 0.318 e. The van der Waals surface area contributed by atoms with Gasteiger partial charge >= 0.3 is 17.4 Å². The molecule has 1 atom stereocenters. The zero-order chi connectivity index (χ0) is 16.1. The van der Waals surface area contributed by atoms with Crippen molar-refractivity contribution < 1.29 is 24.2 Å². The van der Waals surface area contributed by atoms with Gasteiger partial charge in [0.05, 0.1) is 5.16 Å². The lowest BCUT2D eigenvalue weighted by Gasteiger charge is -2.18. The fourth-order valence-corrected chi connectivity index (χ4v) is 1.99. The summed E-state index contributed by atoms with van der Waals surface area (Å²) in [6.45, 7) is -0.0125. The Morgan fingerprint density at radius 1 is 1.36 bits per heavy atom. The predicted octanol–water partition coefficient (Wildman–Crippen LogP) is -1.46. The Hall–Kier alpha value is -3.10. The van der Waals surface area contributed by atoms with Gasteiger partial charge in [-0.2, -0.15) is 0 Å². The summed E-state index contributed by atoms with van der Waals surface area (Å²) in [5, 5.41) is 27.7. The van der Waals surface area contributed by atoms with Gasteiger partial charge in [0, 0.05) is 18.4 Å². The molecule has 0 fully saturated rings. The number of nitrogens with two attached hydrogens (primary N) is 1. The van der Waals surface area contributed by atoms with Crippen molar-refractivity contribution in [1.29, 1.82) is 0 Å². The highest BCUT2D eigenvalue weighted by atomic mass is 16.8. The number of carboxylic acids is 1. The summed E-state index contributed by atoms with van der Waals surface area (Å²) in [6, 6.07) is 8.77. The van der Waals surface area contributed by atoms with E-state index < -0.39 is 23.5 Å². The van der Waals surface area contributed by atoms with Gasteiger partial charge in [-0.05, 0) is 16.9 Å². The molecule has 116 valence electrons. The van der Waals surface area contributed by atoms with E-state index in [9.17, 15) is 19.9 Å². The van der Waals surface area contributed by atoms with Crippen molar-refractivity contribution in [2.45, 2.75) is 12.3 Å². The molecule has 0 saturated heterocycles. The molecule has 9 heteroatoms. The number of carbonyl (C=O) groups is 2. The van der Waals surface area contributed by atoms with Gasteiger partial charge in [-0.3, -0.25) is 9.42 Å². The lowest BCUT2D eigenvalue weighted by Crippen LogP contribution is -2.39. The highest BCUT2D eigenvalue weighted by molar-refractivity contribution is 5.94. The largest absolute Gasteiger partial charge is 0.550 e. The first-order valence-electron chi connectivity index (χ1n) is 6.37. The van der Waals surface area contributed by atoms with E-state index in [2.05, 4.69) is 15.1 Å². The van der Waals surface area contributed by atoms with E-state index in [1.165, 1.54) is 0 Å². The van der Waals surface area contributed by atoms with Gasteiger partial charge in [-0.15, -0.1) is 0 Å². The van der Waals surface area contributed by atoms with Crippen molar-refractivity contribution in [1.82, 2.24) is 10.5 Å². The third-order valence-corrected chi connectivity index (χ3v) is 3.05. The molecule has 0 aliphatic rings. The van der Waals surface area contributed by atoms with Gasteiger partial charge in [0.1, 0.15) is 0 Å². The Morgan fingerprint density at radius 2 is 2.05 bits per heavy atom. The molecule has 0 aliphatic heterocycles. The number of amides is 1. The fourth-order valence-electron chi connectivity index (χ4n) is 1.99. The molecule has 1 aromatic heterocycles. The topological polar surface area (TPSA) is 148 Å². The number of carboxylic acid groups (broad SMARTS) is 1. The number of carbonyl (C=O) groups excluding carboxylic acids is 2. The number of nitrogen functional groups attached to an aromatic ring is 1. The summed E-state index contributed by atoms with van der Waals surface area (Å²) in [6.07, 6.45) is -0.277. The highest BCUT2D eigenvalue weighted by Crippen LogP contribution is 2.18. The van der Waals surface area contributed by atoms with Crippen LogP contribution in [0.3, 0.4) is 0 Å². The van der Waals surface area contributed by atoms with Crippen molar-refractivity contribution >= 4 is 17.7 Å². The van der Waals surface area contributed by atoms with Crippen LogP contribution in [-0.2, 0) is 4.79 Å². The normalized spacial score (nSPS) is 11.8. The van der Waals surface area contributed by atoms with Crippen LogP contribution in [0.15, 0.2) is 35.0 Å². The summed E-state index contributed by atoms with van der Waals surface area (Å²) >= 11 is 0. The van der Waals surface area contributed by atoms with Gasteiger partial charge < -0.3 is 26.2 Å². The van der Waals surface area contributed by atoms with Crippen LogP contribution < -0.4 is 21.1 Å². The van der Waals surface area contributed by atoms with Gasteiger partial charge in [0.25, 0.3) is 0 Å². The number of hydrogen-bond acceptors (Lipinski definition) is 7. The standard InChI is InChI=1S/C13H14N4O5/c14-12-11(17(21)22-16-12)13(20)15-7-9(6-10(18)19)8-4-2-1-3-5-8/h1-5,9H,6-7H2,(H2,14,16)(H,15,20)(H,18,19)/p-1/t9-/m1/s1. The summed E-state index contributed by atoms with van der Waals surface area (Å²) < 4.78 is 4.19. The molecule has 0 spiro atoms. The van der Waals surface area contributed by atoms with E-state index >= 15 is 0 Å². The minimum Gasteiger partial charge on any atom is -0.550 e. The third kappa shape index (κ3) is 3.51. The average Bonchev–Trinajstić information content (AvgIpc) is 2.83. The second kappa shape index (κ2) is 6.57. The number of nitrogens with one attached hydrogen (secondary N) is 1. The number of rotatable bonds is 6. The van der Waals surface area contributed by atoms with Crippen molar-refractivity contribution in [2.75, 3.05) is 12.3 Å². The maximum absolute atomic E-state index is 11.9. The number of nitrogens with zero attached hydrogens (tertiary/aromatic N) is 2. The molecule has 22 heavy (non-hydrogen) atoms. The van der Waals surface area contributed by atoms with Gasteiger partial charge in [-0.25, -0.2) is 0 Å². The molecule has 2 rings (SSSR count). The first kappa shape index (κ1) is 15.3. The second-order valence-electron chi connectivity index (χ2n) is 4.56. The fraction of sp³-hybridized carbons (Fsp3) is 0.231. The molecule has 0 saturated carbocycles. The van der Waals surface area contributed by atoms with Crippen LogP contribution in [0.25, 0.3) is 0 Å². The third-order valence-electron chi connectivity index (χ3n) is 3.05. The van der Waals surface area contributed by atoms with E-state index in [0.717, 1.165) is 5.56 Å². The number of aliphatic carboxylic acids is 1. The Kier molecular flexibility index (Phi) is 4.57. The lowest BCUT2D eigenvalue weighted by atomic mass is 9.95. The molecule has 0 bridgehead atoms. The summed E-state index contributed by atoms with van der Waals surface area (Å²) in [5.41, 5.74) is 5.60. The van der Waals surface area contributed by atoms with E-state index in [-0.39, 0.29) is 23.7 Å². The zero-order valence-corrected chi connectivity index (χ0v) is 11.4. The number of anilines is 1. The number of benzene rings is 1. The number of hydrogen-bond donors (Lipinski definition) is 2. The van der Waals surface area contributed by atoms with Crippen molar-refractivity contribution in [3.8, 4) is 0 Å². The minimum atomic E-state index is -1.24. The van der Waals surface area contributed by atoms with E-state index in [0.29, 0.717) is 0 Å². The van der Waals surface area contributed by atoms with Gasteiger partial charge in [0.2, 0.25) is 0 Å². The Labute approximate surface area is 124 Å². The van der Waals surface area contributed by atoms with Gasteiger partial charge in [0.15, 0.2) is 0 Å². The molecule has 0 aliphatic carbocycles. The molecule has 0 radical (unpaired) electrons. The molecular weight excluding hydrogens is 292 g/mol. The first-order chi connectivity index (χ1) is 10.5. The van der Waals surface area contributed by atoms with Crippen molar-refractivity contribution in [3.05, 3.63) is 46.8 Å². The second-order valence-corrected chi connectivity index (χ2v) is 4.56. The monoisotopic (exact) mass is 305 g/mol. The van der Waals surface area contributed by atoms with Crippen LogP contribution >= 0.6 is 0 Å². The highest BCUT2D eigenvalue weighted by Gasteiger charge is 2.25. The Balaban J connectivity index is 2.09. The van der Waals surface area contributed by atoms with Crippen LogP contribution in [-0.4, -0.2) is 23.6 Å². The zero-order valence-electron chi connectivity index (χ0n) is 11.4. The van der Waals surface area contributed by atoms with Crippen molar-refractivity contribution in [3.63, 3.8) is 0 Å². The maximum atomic E-state index is 11.9. The summed E-state index contributed by atoms with van der Waals surface area (Å²) in [5.74, 6) is -2.89. The van der Waals surface area contributed by atoms with Crippen molar-refractivity contribution in [2.24, 2.45) is 0 Å².